The molecule has 0 radical (unpaired) electrons. The van der Waals surface area contributed by atoms with Crippen LogP contribution < -0.4 is 39.1 Å². The van der Waals surface area contributed by atoms with Crippen molar-refractivity contribution in [3.05, 3.63) is 35.4 Å². The summed E-state index contributed by atoms with van der Waals surface area (Å²) in [6.07, 6.45) is 0.0510. The first-order valence-corrected chi connectivity index (χ1v) is 10.2. The van der Waals surface area contributed by atoms with Crippen molar-refractivity contribution in [3.8, 4) is 34.5 Å². The summed E-state index contributed by atoms with van der Waals surface area (Å²) in [5.41, 5.74) is 0.826. The number of carbonyl (C=O) groups excluding carboxylic acids is 2. The Bertz CT molecular complexity index is 1090. The summed E-state index contributed by atoms with van der Waals surface area (Å²) in [6.45, 7) is 0. The average molecular weight is 473 g/mol. The third-order valence-corrected chi connectivity index (χ3v) is 5.17. The molecule has 1 unspecified atom stereocenters. The Kier molecular flexibility index (Phi) is 7.67. The molecule has 0 aromatic heterocycles. The molecule has 0 aliphatic carbocycles. The van der Waals surface area contributed by atoms with Gasteiger partial charge in [-0.05, 0) is 24.3 Å². The van der Waals surface area contributed by atoms with Gasteiger partial charge in [-0.25, -0.2) is 4.99 Å². The first-order valence-electron chi connectivity index (χ1n) is 10.2. The van der Waals surface area contributed by atoms with E-state index in [2.05, 4.69) is 15.6 Å². The van der Waals surface area contributed by atoms with Gasteiger partial charge < -0.3 is 28.4 Å². The van der Waals surface area contributed by atoms with E-state index in [0.29, 0.717) is 40.1 Å². The van der Waals surface area contributed by atoms with Crippen molar-refractivity contribution in [2.45, 2.75) is 12.5 Å². The van der Waals surface area contributed by atoms with Crippen molar-refractivity contribution in [1.29, 1.82) is 0 Å². The minimum Gasteiger partial charge on any atom is -0.493 e. The molecule has 2 aromatic rings. The number of methoxy groups -OCH3 is 6. The fourth-order valence-corrected chi connectivity index (χ4v) is 3.61. The van der Waals surface area contributed by atoms with Crippen molar-refractivity contribution >= 4 is 17.8 Å². The second kappa shape index (κ2) is 10.6. The van der Waals surface area contributed by atoms with Gasteiger partial charge in [-0.2, -0.15) is 0 Å². The van der Waals surface area contributed by atoms with Crippen molar-refractivity contribution < 1.29 is 38.0 Å². The van der Waals surface area contributed by atoms with Gasteiger partial charge >= 0.3 is 0 Å². The lowest BCUT2D eigenvalue weighted by atomic mass is 10.0. The highest BCUT2D eigenvalue weighted by atomic mass is 16.5. The Balaban J connectivity index is 1.94. The predicted molar refractivity (Wildman–Crippen MR) is 123 cm³/mol. The van der Waals surface area contributed by atoms with E-state index in [1.165, 1.54) is 54.8 Å². The lowest BCUT2D eigenvalue weighted by Gasteiger charge is -2.24. The van der Waals surface area contributed by atoms with E-state index >= 15 is 0 Å². The normalized spacial score (nSPS) is 14.9. The Morgan fingerprint density at radius 2 is 1.44 bits per heavy atom. The number of nitrogens with zero attached hydrogens (tertiary/aromatic N) is 1. The third-order valence-electron chi connectivity index (χ3n) is 5.17. The molecular weight excluding hydrogens is 446 g/mol. The molecule has 2 aromatic carbocycles. The number of carbonyl (C=O) groups is 2. The molecule has 34 heavy (non-hydrogen) atoms. The van der Waals surface area contributed by atoms with Crippen LogP contribution in [-0.4, -0.2) is 60.4 Å². The van der Waals surface area contributed by atoms with E-state index in [4.69, 9.17) is 28.4 Å². The lowest BCUT2D eigenvalue weighted by molar-refractivity contribution is -0.120. The number of hydrogen-bond donors (Lipinski definition) is 2. The van der Waals surface area contributed by atoms with Crippen LogP contribution in [0.4, 0.5) is 0 Å². The second-order valence-corrected chi connectivity index (χ2v) is 7.04. The van der Waals surface area contributed by atoms with E-state index < -0.39 is 11.9 Å². The zero-order valence-electron chi connectivity index (χ0n) is 19.8. The number of benzene rings is 2. The smallest absolute Gasteiger partial charge is 0.258 e. The van der Waals surface area contributed by atoms with Crippen molar-refractivity contribution in [3.63, 3.8) is 0 Å². The minimum absolute atomic E-state index is 0.00293. The molecule has 1 aliphatic rings. The summed E-state index contributed by atoms with van der Waals surface area (Å²) in [5.74, 6) is 1.37. The van der Waals surface area contributed by atoms with Gasteiger partial charge in [0.1, 0.15) is 0 Å². The zero-order chi connectivity index (χ0) is 24.8. The molecule has 1 heterocycles. The zero-order valence-corrected chi connectivity index (χ0v) is 19.8. The van der Waals surface area contributed by atoms with Gasteiger partial charge in [0, 0.05) is 11.1 Å². The van der Waals surface area contributed by atoms with Gasteiger partial charge in [0.15, 0.2) is 23.0 Å². The standard InChI is InChI=1S/C23H27N3O8/c1-29-15-8-7-13(19(32-4)21(15)34-6)14-11-18(27)25-23(24-14)26-22(28)12-9-16(30-2)20(33-5)17(10-12)31-3/h7-10,14H,11H2,1-6H3,(H2,24,25,26,27,28). The van der Waals surface area contributed by atoms with Gasteiger partial charge in [-0.3, -0.25) is 20.2 Å². The topological polar surface area (TPSA) is 126 Å². The largest absolute Gasteiger partial charge is 0.493 e. The van der Waals surface area contributed by atoms with Crippen LogP contribution >= 0.6 is 0 Å². The fraction of sp³-hybridized carbons (Fsp3) is 0.348. The number of aliphatic imine (C=N–C) groups is 1. The highest BCUT2D eigenvalue weighted by Crippen LogP contribution is 2.44. The van der Waals surface area contributed by atoms with E-state index in [9.17, 15) is 9.59 Å². The van der Waals surface area contributed by atoms with Gasteiger partial charge in [-0.15, -0.1) is 0 Å². The average Bonchev–Trinajstić information content (AvgIpc) is 2.85. The molecule has 0 bridgehead atoms. The fourth-order valence-electron chi connectivity index (χ4n) is 3.61. The van der Waals surface area contributed by atoms with Gasteiger partial charge in [0.05, 0.1) is 55.1 Å². The van der Waals surface area contributed by atoms with E-state index in [0.717, 1.165) is 0 Å². The molecule has 0 saturated heterocycles. The van der Waals surface area contributed by atoms with Crippen LogP contribution in [0, 0.1) is 0 Å². The number of hydrogen-bond acceptors (Lipinski definition) is 9. The Morgan fingerprint density at radius 3 is 1.97 bits per heavy atom. The van der Waals surface area contributed by atoms with Crippen molar-refractivity contribution in [2.24, 2.45) is 4.99 Å². The molecule has 11 heteroatoms. The summed E-state index contributed by atoms with van der Waals surface area (Å²) in [6, 6.07) is 5.81. The number of rotatable bonds is 8. The minimum atomic E-state index is -0.626. The summed E-state index contributed by atoms with van der Waals surface area (Å²) in [7, 11) is 8.86. The maximum Gasteiger partial charge on any atom is 0.258 e. The number of amides is 2. The van der Waals surface area contributed by atoms with Crippen LogP contribution in [0.5, 0.6) is 34.5 Å². The maximum absolute atomic E-state index is 12.9. The van der Waals surface area contributed by atoms with Gasteiger partial charge in [0.2, 0.25) is 23.4 Å². The molecule has 2 amide bonds. The first-order chi connectivity index (χ1) is 16.4. The molecule has 1 aliphatic heterocycles. The van der Waals surface area contributed by atoms with Crippen LogP contribution in [0.25, 0.3) is 0 Å². The monoisotopic (exact) mass is 473 g/mol. The molecule has 0 fully saturated rings. The highest BCUT2D eigenvalue weighted by Gasteiger charge is 2.29. The molecule has 0 spiro atoms. The number of guanidine groups is 1. The van der Waals surface area contributed by atoms with Crippen molar-refractivity contribution in [2.75, 3.05) is 42.7 Å². The van der Waals surface area contributed by atoms with Crippen LogP contribution in [0.3, 0.4) is 0 Å². The molecule has 11 nitrogen and oxygen atoms in total. The Hall–Kier alpha value is -4.15. The Morgan fingerprint density at radius 1 is 0.853 bits per heavy atom. The summed E-state index contributed by atoms with van der Waals surface area (Å²) in [4.78, 5) is 29.9. The van der Waals surface area contributed by atoms with Gasteiger partial charge in [-0.1, -0.05) is 0 Å². The van der Waals surface area contributed by atoms with Crippen LogP contribution in [0.1, 0.15) is 28.4 Å². The second-order valence-electron chi connectivity index (χ2n) is 7.04. The van der Waals surface area contributed by atoms with Crippen LogP contribution in [0.15, 0.2) is 29.3 Å². The van der Waals surface area contributed by atoms with Crippen LogP contribution in [-0.2, 0) is 4.79 Å². The van der Waals surface area contributed by atoms with E-state index in [1.807, 2.05) is 0 Å². The van der Waals surface area contributed by atoms with E-state index in [-0.39, 0.29) is 23.9 Å². The quantitative estimate of drug-likeness (QED) is 0.597. The highest BCUT2D eigenvalue weighted by molar-refractivity contribution is 6.11. The lowest BCUT2D eigenvalue weighted by Crippen LogP contribution is -2.47. The molecular formula is C23H27N3O8. The van der Waals surface area contributed by atoms with Crippen molar-refractivity contribution in [1.82, 2.24) is 10.6 Å². The molecule has 0 saturated carbocycles. The van der Waals surface area contributed by atoms with Crippen LogP contribution in [0.2, 0.25) is 0 Å². The third kappa shape index (κ3) is 4.77. The molecule has 182 valence electrons. The number of ether oxygens (including phenoxy) is 6. The molecule has 3 rings (SSSR count). The maximum atomic E-state index is 12.9. The summed E-state index contributed by atoms with van der Waals surface area (Å²) in [5, 5.41) is 5.20. The molecule has 2 N–H and O–H groups in total. The molecule has 1 atom stereocenters. The predicted octanol–water partition coefficient (Wildman–Crippen LogP) is 2.09. The number of nitrogens with one attached hydrogen (secondary N) is 2. The van der Waals surface area contributed by atoms with E-state index in [1.54, 1.807) is 12.1 Å². The summed E-state index contributed by atoms with van der Waals surface area (Å²) < 4.78 is 32.1. The Labute approximate surface area is 196 Å². The summed E-state index contributed by atoms with van der Waals surface area (Å²) >= 11 is 0. The SMILES string of the molecule is COc1cc(C(=O)NC2=NC(c3ccc(OC)c(OC)c3OC)CC(=O)N2)cc(OC)c1OC. The van der Waals surface area contributed by atoms with Gasteiger partial charge in [0.25, 0.3) is 5.91 Å². The first kappa shape index (κ1) is 24.5.